The van der Waals surface area contributed by atoms with Gasteiger partial charge < -0.3 is 16.0 Å². The summed E-state index contributed by atoms with van der Waals surface area (Å²) in [5.74, 6) is -0.164. The maximum atomic E-state index is 12.6. The minimum atomic E-state index is -0.141. The summed E-state index contributed by atoms with van der Waals surface area (Å²) in [6.45, 7) is 4.06. The van der Waals surface area contributed by atoms with Crippen LogP contribution in [0.15, 0.2) is 22.7 Å². The van der Waals surface area contributed by atoms with Gasteiger partial charge in [0.05, 0.1) is 5.92 Å². The number of hydrogen-bond donors (Lipinski definition) is 2. The van der Waals surface area contributed by atoms with Crippen molar-refractivity contribution in [3.63, 3.8) is 0 Å². The number of likely N-dealkylation sites (tertiary alicyclic amines) is 1. The second-order valence-electron chi connectivity index (χ2n) is 5.63. The third kappa shape index (κ3) is 5.19. The van der Waals surface area contributed by atoms with Crippen molar-refractivity contribution < 1.29 is 9.59 Å². The molecular formula is C16H23BrClN3O2. The van der Waals surface area contributed by atoms with Crippen LogP contribution in [0, 0.1) is 12.8 Å². The molecule has 1 aliphatic heterocycles. The molecule has 0 aromatic heterocycles. The standard InChI is InChI=1S/C16H22BrN3O2.ClH/c1-11-4-5-12(9-14(11)17)16(22)20-8-2-3-13(10-20)15(21)19-7-6-18;/h4-5,9,13H,2-3,6-8,10,18H2,1H3,(H,19,21);1H. The molecule has 0 spiro atoms. The Morgan fingerprint density at radius 3 is 2.83 bits per heavy atom. The number of halogens is 2. The summed E-state index contributed by atoms with van der Waals surface area (Å²) in [6, 6.07) is 5.60. The van der Waals surface area contributed by atoms with Gasteiger partial charge in [0.15, 0.2) is 0 Å². The van der Waals surface area contributed by atoms with Gasteiger partial charge in [0, 0.05) is 36.2 Å². The van der Waals surface area contributed by atoms with Crippen molar-refractivity contribution in [2.45, 2.75) is 19.8 Å². The molecule has 0 saturated carbocycles. The summed E-state index contributed by atoms with van der Waals surface area (Å²) >= 11 is 3.46. The van der Waals surface area contributed by atoms with Crippen LogP contribution >= 0.6 is 28.3 Å². The highest BCUT2D eigenvalue weighted by molar-refractivity contribution is 9.10. The number of hydrogen-bond acceptors (Lipinski definition) is 3. The third-order valence-electron chi connectivity index (χ3n) is 3.94. The Morgan fingerprint density at radius 1 is 1.43 bits per heavy atom. The van der Waals surface area contributed by atoms with Gasteiger partial charge in [0.25, 0.3) is 5.91 Å². The van der Waals surface area contributed by atoms with E-state index in [1.54, 1.807) is 4.90 Å². The summed E-state index contributed by atoms with van der Waals surface area (Å²) in [5.41, 5.74) is 7.15. The Morgan fingerprint density at radius 2 is 2.17 bits per heavy atom. The van der Waals surface area contributed by atoms with Crippen LogP contribution in [0.25, 0.3) is 0 Å². The smallest absolute Gasteiger partial charge is 0.253 e. The van der Waals surface area contributed by atoms with Crippen molar-refractivity contribution >= 4 is 40.2 Å². The zero-order valence-corrected chi connectivity index (χ0v) is 15.6. The van der Waals surface area contributed by atoms with Crippen LogP contribution in [0.1, 0.15) is 28.8 Å². The van der Waals surface area contributed by atoms with Crippen molar-refractivity contribution in [3.8, 4) is 0 Å². The van der Waals surface area contributed by atoms with Crippen LogP contribution in [0.5, 0.6) is 0 Å². The molecule has 23 heavy (non-hydrogen) atoms. The highest BCUT2D eigenvalue weighted by atomic mass is 79.9. The van der Waals surface area contributed by atoms with Gasteiger partial charge in [-0.1, -0.05) is 22.0 Å². The normalized spacial score (nSPS) is 17.3. The van der Waals surface area contributed by atoms with E-state index in [2.05, 4.69) is 21.2 Å². The van der Waals surface area contributed by atoms with E-state index in [1.165, 1.54) is 0 Å². The number of aryl methyl sites for hydroxylation is 1. The molecule has 1 unspecified atom stereocenters. The largest absolute Gasteiger partial charge is 0.355 e. The van der Waals surface area contributed by atoms with Crippen LogP contribution in [0.3, 0.4) is 0 Å². The molecule has 5 nitrogen and oxygen atoms in total. The number of nitrogens with one attached hydrogen (secondary N) is 1. The molecule has 3 N–H and O–H groups in total. The number of piperidine rings is 1. The number of nitrogens with two attached hydrogens (primary N) is 1. The molecule has 0 aliphatic carbocycles. The lowest BCUT2D eigenvalue weighted by molar-refractivity contribution is -0.126. The minimum absolute atomic E-state index is 0. The fourth-order valence-corrected chi connectivity index (χ4v) is 3.00. The number of nitrogens with zero attached hydrogens (tertiary/aromatic N) is 1. The Bertz CT molecular complexity index is 568. The lowest BCUT2D eigenvalue weighted by Gasteiger charge is -2.32. The Kier molecular flexibility index (Phi) is 8.02. The predicted octanol–water partition coefficient (Wildman–Crippen LogP) is 2.11. The highest BCUT2D eigenvalue weighted by Crippen LogP contribution is 2.22. The molecule has 128 valence electrons. The van der Waals surface area contributed by atoms with Crippen molar-refractivity contribution in [2.75, 3.05) is 26.2 Å². The zero-order chi connectivity index (χ0) is 16.1. The van der Waals surface area contributed by atoms with Gasteiger partial charge in [-0.2, -0.15) is 0 Å². The molecule has 2 amide bonds. The van der Waals surface area contributed by atoms with E-state index in [-0.39, 0.29) is 30.1 Å². The van der Waals surface area contributed by atoms with Crippen molar-refractivity contribution in [1.82, 2.24) is 10.2 Å². The summed E-state index contributed by atoms with van der Waals surface area (Å²) in [7, 11) is 0. The average molecular weight is 405 g/mol. The van der Waals surface area contributed by atoms with E-state index < -0.39 is 0 Å². The van der Waals surface area contributed by atoms with E-state index in [9.17, 15) is 9.59 Å². The van der Waals surface area contributed by atoms with Gasteiger partial charge in [-0.15, -0.1) is 12.4 Å². The van der Waals surface area contributed by atoms with Gasteiger partial charge in [-0.25, -0.2) is 0 Å². The van der Waals surface area contributed by atoms with Gasteiger partial charge in [-0.3, -0.25) is 9.59 Å². The summed E-state index contributed by atoms with van der Waals surface area (Å²) in [4.78, 5) is 26.4. The van der Waals surface area contributed by atoms with Crippen LogP contribution in [0.4, 0.5) is 0 Å². The summed E-state index contributed by atoms with van der Waals surface area (Å²) in [6.07, 6.45) is 1.66. The number of carbonyl (C=O) groups is 2. The molecule has 0 bridgehead atoms. The van der Waals surface area contributed by atoms with Crippen molar-refractivity contribution in [2.24, 2.45) is 11.7 Å². The van der Waals surface area contributed by atoms with Crippen LogP contribution in [-0.4, -0.2) is 42.9 Å². The molecule has 1 atom stereocenters. The maximum absolute atomic E-state index is 12.6. The maximum Gasteiger partial charge on any atom is 0.253 e. The molecule has 1 saturated heterocycles. The molecule has 1 aromatic carbocycles. The van der Waals surface area contributed by atoms with E-state index in [0.717, 1.165) is 22.9 Å². The van der Waals surface area contributed by atoms with Crippen molar-refractivity contribution in [1.29, 1.82) is 0 Å². The molecule has 1 fully saturated rings. The monoisotopic (exact) mass is 403 g/mol. The Balaban J connectivity index is 0.00000264. The average Bonchev–Trinajstić information content (AvgIpc) is 2.54. The summed E-state index contributed by atoms with van der Waals surface area (Å²) < 4.78 is 0.924. The van der Waals surface area contributed by atoms with E-state index >= 15 is 0 Å². The number of rotatable bonds is 4. The molecule has 2 rings (SSSR count). The van der Waals surface area contributed by atoms with Crippen LogP contribution < -0.4 is 11.1 Å². The lowest BCUT2D eigenvalue weighted by Crippen LogP contribution is -2.46. The molecule has 1 aliphatic rings. The number of benzene rings is 1. The highest BCUT2D eigenvalue weighted by Gasteiger charge is 2.28. The second kappa shape index (κ2) is 9.25. The second-order valence-corrected chi connectivity index (χ2v) is 6.49. The van der Waals surface area contributed by atoms with Crippen LogP contribution in [0.2, 0.25) is 0 Å². The number of carbonyl (C=O) groups excluding carboxylic acids is 2. The molecule has 7 heteroatoms. The molecule has 1 heterocycles. The fourth-order valence-electron chi connectivity index (χ4n) is 2.62. The van der Waals surface area contributed by atoms with Crippen molar-refractivity contribution in [3.05, 3.63) is 33.8 Å². The lowest BCUT2D eigenvalue weighted by atomic mass is 9.96. The minimum Gasteiger partial charge on any atom is -0.355 e. The Hall–Kier alpha value is -1.11. The fraction of sp³-hybridized carbons (Fsp3) is 0.500. The van der Waals surface area contributed by atoms with Gasteiger partial charge in [0.1, 0.15) is 0 Å². The quantitative estimate of drug-likeness (QED) is 0.807. The van der Waals surface area contributed by atoms with Gasteiger partial charge in [0.2, 0.25) is 5.91 Å². The first-order valence-corrected chi connectivity index (χ1v) is 8.35. The topological polar surface area (TPSA) is 75.4 Å². The van der Waals surface area contributed by atoms with E-state index in [0.29, 0.717) is 31.7 Å². The van der Waals surface area contributed by atoms with Gasteiger partial charge >= 0.3 is 0 Å². The first-order valence-electron chi connectivity index (χ1n) is 7.56. The zero-order valence-electron chi connectivity index (χ0n) is 13.2. The summed E-state index contributed by atoms with van der Waals surface area (Å²) in [5, 5.41) is 2.81. The Labute approximate surface area is 151 Å². The molecular weight excluding hydrogens is 382 g/mol. The number of amides is 2. The van der Waals surface area contributed by atoms with E-state index in [1.807, 2.05) is 25.1 Å². The SMILES string of the molecule is Cc1ccc(C(=O)N2CCCC(C(=O)NCCN)C2)cc1Br.Cl. The first-order chi connectivity index (χ1) is 10.5. The third-order valence-corrected chi connectivity index (χ3v) is 4.80. The molecule has 1 aromatic rings. The van der Waals surface area contributed by atoms with E-state index in [4.69, 9.17) is 5.73 Å². The predicted molar refractivity (Wildman–Crippen MR) is 96.8 cm³/mol. The first kappa shape index (κ1) is 19.9. The van der Waals surface area contributed by atoms with Crippen LogP contribution in [-0.2, 0) is 4.79 Å². The van der Waals surface area contributed by atoms with Gasteiger partial charge in [-0.05, 0) is 37.5 Å². The molecule has 0 radical (unpaired) electrons.